The van der Waals surface area contributed by atoms with Crippen molar-refractivity contribution in [3.05, 3.63) is 41.3 Å². The average molecular weight is 375 g/mol. The Morgan fingerprint density at radius 3 is 2.58 bits per heavy atom. The number of anilines is 2. The van der Waals surface area contributed by atoms with Gasteiger partial charge < -0.3 is 15.4 Å². The first-order valence-electron chi connectivity index (χ1n) is 8.89. The second kappa shape index (κ2) is 8.85. The zero-order valence-corrected chi connectivity index (χ0v) is 15.6. The largest absolute Gasteiger partial charge is 0.495 e. The minimum absolute atomic E-state index is 0.170. The Labute approximate surface area is 158 Å². The number of benzene rings is 1. The van der Waals surface area contributed by atoms with Crippen molar-refractivity contribution in [2.75, 3.05) is 12.4 Å². The SMILES string of the molecule is COc1ccc(Cl)cc1Nc1cnc(C(=O)NC2CCCCCC2)cn1. The number of amides is 1. The molecule has 1 aliphatic carbocycles. The van der Waals surface area contributed by atoms with E-state index in [1.807, 2.05) is 0 Å². The van der Waals surface area contributed by atoms with E-state index in [9.17, 15) is 4.79 Å². The van der Waals surface area contributed by atoms with Gasteiger partial charge in [-0.2, -0.15) is 0 Å². The smallest absolute Gasteiger partial charge is 0.271 e. The zero-order valence-electron chi connectivity index (χ0n) is 14.8. The van der Waals surface area contributed by atoms with Gasteiger partial charge in [-0.15, -0.1) is 0 Å². The normalized spacial score (nSPS) is 15.2. The summed E-state index contributed by atoms with van der Waals surface area (Å²) in [5.74, 6) is 0.985. The predicted molar refractivity (Wildman–Crippen MR) is 102 cm³/mol. The Bertz CT molecular complexity index is 744. The van der Waals surface area contributed by atoms with Crippen LogP contribution in [0.2, 0.25) is 5.02 Å². The van der Waals surface area contributed by atoms with E-state index >= 15 is 0 Å². The maximum atomic E-state index is 12.4. The van der Waals surface area contributed by atoms with E-state index < -0.39 is 0 Å². The van der Waals surface area contributed by atoms with Gasteiger partial charge in [0.1, 0.15) is 17.3 Å². The molecule has 1 saturated carbocycles. The fraction of sp³-hybridized carbons (Fsp3) is 0.421. The molecule has 0 bridgehead atoms. The molecule has 6 nitrogen and oxygen atoms in total. The molecule has 0 saturated heterocycles. The van der Waals surface area contributed by atoms with E-state index in [4.69, 9.17) is 16.3 Å². The Kier molecular flexibility index (Phi) is 6.28. The minimum atomic E-state index is -0.170. The van der Waals surface area contributed by atoms with E-state index in [1.165, 1.54) is 38.1 Å². The number of methoxy groups -OCH3 is 1. The molecule has 2 aromatic rings. The van der Waals surface area contributed by atoms with Crippen LogP contribution in [0.5, 0.6) is 5.75 Å². The summed E-state index contributed by atoms with van der Waals surface area (Å²) in [5.41, 5.74) is 1.00. The van der Waals surface area contributed by atoms with Crippen LogP contribution in [-0.4, -0.2) is 29.0 Å². The maximum Gasteiger partial charge on any atom is 0.271 e. The lowest BCUT2D eigenvalue weighted by Crippen LogP contribution is -2.34. The summed E-state index contributed by atoms with van der Waals surface area (Å²) in [4.78, 5) is 20.9. The Morgan fingerprint density at radius 1 is 1.15 bits per heavy atom. The number of nitrogens with zero attached hydrogens (tertiary/aromatic N) is 2. The third kappa shape index (κ3) is 4.85. The Balaban J connectivity index is 1.64. The number of nitrogens with one attached hydrogen (secondary N) is 2. The summed E-state index contributed by atoms with van der Waals surface area (Å²) in [6, 6.07) is 5.50. The highest BCUT2D eigenvalue weighted by Gasteiger charge is 2.17. The van der Waals surface area contributed by atoms with Crippen LogP contribution in [0.15, 0.2) is 30.6 Å². The van der Waals surface area contributed by atoms with Gasteiger partial charge in [0.15, 0.2) is 0 Å². The summed E-state index contributed by atoms with van der Waals surface area (Å²) in [6.45, 7) is 0. The van der Waals surface area contributed by atoms with Crippen molar-refractivity contribution < 1.29 is 9.53 Å². The molecule has 0 spiro atoms. The summed E-state index contributed by atoms with van der Waals surface area (Å²) < 4.78 is 5.30. The van der Waals surface area contributed by atoms with Gasteiger partial charge in [0.2, 0.25) is 0 Å². The van der Waals surface area contributed by atoms with Gasteiger partial charge >= 0.3 is 0 Å². The fourth-order valence-corrected chi connectivity index (χ4v) is 3.28. The Hall–Kier alpha value is -2.34. The van der Waals surface area contributed by atoms with E-state index in [-0.39, 0.29) is 11.9 Å². The van der Waals surface area contributed by atoms with E-state index in [2.05, 4.69) is 20.6 Å². The van der Waals surface area contributed by atoms with Gasteiger partial charge in [-0.25, -0.2) is 9.97 Å². The second-order valence-electron chi connectivity index (χ2n) is 6.42. The van der Waals surface area contributed by atoms with Crippen molar-refractivity contribution in [1.29, 1.82) is 0 Å². The molecule has 0 atom stereocenters. The molecule has 3 rings (SSSR count). The first kappa shape index (κ1) is 18.5. The summed E-state index contributed by atoms with van der Waals surface area (Å²) >= 11 is 6.03. The molecule has 0 aliphatic heterocycles. The quantitative estimate of drug-likeness (QED) is 0.761. The van der Waals surface area contributed by atoms with Crippen LogP contribution in [0, 0.1) is 0 Å². The molecule has 2 N–H and O–H groups in total. The van der Waals surface area contributed by atoms with E-state index in [0.717, 1.165) is 12.8 Å². The number of carbonyl (C=O) groups is 1. The molecular formula is C19H23ClN4O2. The fourth-order valence-electron chi connectivity index (χ4n) is 3.11. The molecule has 1 amide bonds. The van der Waals surface area contributed by atoms with Crippen LogP contribution < -0.4 is 15.4 Å². The molecule has 0 radical (unpaired) electrons. The van der Waals surface area contributed by atoms with Gasteiger partial charge in [0.25, 0.3) is 5.91 Å². The van der Waals surface area contributed by atoms with Gasteiger partial charge in [-0.05, 0) is 31.0 Å². The van der Waals surface area contributed by atoms with Crippen LogP contribution in [0.4, 0.5) is 11.5 Å². The summed E-state index contributed by atoms with van der Waals surface area (Å²) in [5, 5.41) is 6.76. The molecule has 7 heteroatoms. The lowest BCUT2D eigenvalue weighted by molar-refractivity contribution is 0.0928. The van der Waals surface area contributed by atoms with E-state index in [0.29, 0.717) is 28.0 Å². The van der Waals surface area contributed by atoms with Crippen LogP contribution in [0.3, 0.4) is 0 Å². The van der Waals surface area contributed by atoms with Crippen LogP contribution >= 0.6 is 11.6 Å². The van der Waals surface area contributed by atoms with Crippen LogP contribution in [-0.2, 0) is 0 Å². The summed E-state index contributed by atoms with van der Waals surface area (Å²) in [7, 11) is 1.58. The van der Waals surface area contributed by atoms with Gasteiger partial charge in [0.05, 0.1) is 25.2 Å². The highest BCUT2D eigenvalue weighted by atomic mass is 35.5. The molecule has 0 unspecified atom stereocenters. The van der Waals surface area contributed by atoms with Crippen molar-refractivity contribution in [3.63, 3.8) is 0 Å². The predicted octanol–water partition coefficient (Wildman–Crippen LogP) is 4.33. The Morgan fingerprint density at radius 2 is 1.92 bits per heavy atom. The van der Waals surface area contributed by atoms with Crippen LogP contribution in [0.1, 0.15) is 49.0 Å². The number of carbonyl (C=O) groups excluding carboxylic acids is 1. The molecular weight excluding hydrogens is 352 g/mol. The molecule has 1 aromatic carbocycles. The number of hydrogen-bond donors (Lipinski definition) is 2. The highest BCUT2D eigenvalue weighted by molar-refractivity contribution is 6.31. The average Bonchev–Trinajstić information content (AvgIpc) is 2.91. The lowest BCUT2D eigenvalue weighted by atomic mass is 10.1. The van der Waals surface area contributed by atoms with Crippen molar-refractivity contribution in [2.45, 2.75) is 44.6 Å². The topological polar surface area (TPSA) is 76.1 Å². The molecule has 26 heavy (non-hydrogen) atoms. The monoisotopic (exact) mass is 374 g/mol. The van der Waals surface area contributed by atoms with E-state index in [1.54, 1.807) is 25.3 Å². The third-order valence-electron chi connectivity index (χ3n) is 4.50. The second-order valence-corrected chi connectivity index (χ2v) is 6.85. The van der Waals surface area contributed by atoms with Crippen molar-refractivity contribution in [3.8, 4) is 5.75 Å². The van der Waals surface area contributed by atoms with Crippen LogP contribution in [0.25, 0.3) is 0 Å². The first-order chi connectivity index (χ1) is 12.7. The third-order valence-corrected chi connectivity index (χ3v) is 4.73. The van der Waals surface area contributed by atoms with Crippen molar-refractivity contribution >= 4 is 29.0 Å². The maximum absolute atomic E-state index is 12.4. The number of aromatic nitrogens is 2. The van der Waals surface area contributed by atoms with Gasteiger partial charge in [-0.1, -0.05) is 37.3 Å². The highest BCUT2D eigenvalue weighted by Crippen LogP contribution is 2.29. The van der Waals surface area contributed by atoms with Crippen molar-refractivity contribution in [1.82, 2.24) is 15.3 Å². The van der Waals surface area contributed by atoms with Gasteiger partial charge in [0, 0.05) is 11.1 Å². The number of rotatable bonds is 5. The number of halogens is 1. The first-order valence-corrected chi connectivity index (χ1v) is 9.27. The lowest BCUT2D eigenvalue weighted by Gasteiger charge is -2.16. The zero-order chi connectivity index (χ0) is 18.4. The molecule has 138 valence electrons. The van der Waals surface area contributed by atoms with Gasteiger partial charge in [-0.3, -0.25) is 4.79 Å². The summed E-state index contributed by atoms with van der Waals surface area (Å²) in [6.07, 6.45) is 9.91. The number of hydrogen-bond acceptors (Lipinski definition) is 5. The standard InChI is InChI=1S/C19H23ClN4O2/c1-26-17-9-8-13(20)10-15(17)24-18-12-21-16(11-22-18)19(25)23-14-6-4-2-3-5-7-14/h8-12,14H,2-7H2,1H3,(H,22,24)(H,23,25). The van der Waals surface area contributed by atoms with Crippen molar-refractivity contribution in [2.24, 2.45) is 0 Å². The molecule has 1 heterocycles. The minimum Gasteiger partial charge on any atom is -0.495 e. The molecule has 1 aromatic heterocycles. The molecule has 1 fully saturated rings. The number of ether oxygens (including phenoxy) is 1. The molecule has 1 aliphatic rings.